The van der Waals surface area contributed by atoms with Gasteiger partial charge >= 0.3 is 0 Å². The van der Waals surface area contributed by atoms with Gasteiger partial charge < -0.3 is 9.80 Å². The predicted molar refractivity (Wildman–Crippen MR) is 101 cm³/mol. The van der Waals surface area contributed by atoms with Gasteiger partial charge in [0.25, 0.3) is 0 Å². The summed E-state index contributed by atoms with van der Waals surface area (Å²) in [5.74, 6) is 0.279. The molecule has 3 aromatic rings. The van der Waals surface area contributed by atoms with Gasteiger partial charge in [-0.2, -0.15) is 0 Å². The second-order valence-electron chi connectivity index (χ2n) is 7.59. The van der Waals surface area contributed by atoms with Gasteiger partial charge in [-0.25, -0.2) is 4.98 Å². The SMILES string of the molecule is CN1Cc2cc(N3CCCCC3)ccc2C(c2cc3nncn3cn2)C1. The van der Waals surface area contributed by atoms with E-state index in [-0.39, 0.29) is 5.92 Å². The maximum Gasteiger partial charge on any atom is 0.163 e. The number of anilines is 1. The molecule has 134 valence electrons. The first-order valence-corrected chi connectivity index (χ1v) is 9.49. The lowest BCUT2D eigenvalue weighted by Crippen LogP contribution is -2.33. The number of aromatic nitrogens is 4. The van der Waals surface area contributed by atoms with E-state index in [1.165, 1.54) is 49.2 Å². The molecule has 6 nitrogen and oxygen atoms in total. The second-order valence-corrected chi connectivity index (χ2v) is 7.59. The zero-order chi connectivity index (χ0) is 17.5. The average Bonchev–Trinajstić information content (AvgIpc) is 3.15. The van der Waals surface area contributed by atoms with Gasteiger partial charge in [-0.3, -0.25) is 4.40 Å². The Morgan fingerprint density at radius 2 is 1.92 bits per heavy atom. The molecule has 4 heterocycles. The third-order valence-corrected chi connectivity index (χ3v) is 5.72. The highest BCUT2D eigenvalue weighted by Gasteiger charge is 2.27. The van der Waals surface area contributed by atoms with E-state index in [9.17, 15) is 0 Å². The zero-order valence-corrected chi connectivity index (χ0v) is 15.2. The monoisotopic (exact) mass is 348 g/mol. The minimum absolute atomic E-state index is 0.279. The highest BCUT2D eigenvalue weighted by molar-refractivity contribution is 5.54. The highest BCUT2D eigenvalue weighted by atomic mass is 15.2. The third kappa shape index (κ3) is 2.74. The van der Waals surface area contributed by atoms with E-state index in [2.05, 4.69) is 51.3 Å². The number of piperidine rings is 1. The zero-order valence-electron chi connectivity index (χ0n) is 15.2. The molecule has 0 N–H and O–H groups in total. The molecule has 0 spiro atoms. The minimum Gasteiger partial charge on any atom is -0.372 e. The quantitative estimate of drug-likeness (QED) is 0.713. The maximum absolute atomic E-state index is 4.69. The summed E-state index contributed by atoms with van der Waals surface area (Å²) < 4.78 is 1.86. The van der Waals surface area contributed by atoms with Crippen molar-refractivity contribution in [3.05, 3.63) is 53.7 Å². The number of benzene rings is 1. The Morgan fingerprint density at radius 1 is 1.04 bits per heavy atom. The molecule has 1 saturated heterocycles. The Balaban J connectivity index is 1.52. The molecule has 0 bridgehead atoms. The van der Waals surface area contributed by atoms with Crippen molar-refractivity contribution in [2.24, 2.45) is 0 Å². The van der Waals surface area contributed by atoms with Crippen molar-refractivity contribution in [2.45, 2.75) is 31.7 Å². The van der Waals surface area contributed by atoms with Crippen LogP contribution in [-0.4, -0.2) is 51.2 Å². The Bertz CT molecular complexity index is 927. The molecule has 1 aromatic carbocycles. The molecule has 1 unspecified atom stereocenters. The van der Waals surface area contributed by atoms with Crippen molar-refractivity contribution in [3.63, 3.8) is 0 Å². The fraction of sp³-hybridized carbons (Fsp3) is 0.450. The Morgan fingerprint density at radius 3 is 2.81 bits per heavy atom. The topological polar surface area (TPSA) is 49.6 Å². The normalized spacial score (nSPS) is 21.1. The second kappa shape index (κ2) is 6.36. The van der Waals surface area contributed by atoms with E-state index in [1.54, 1.807) is 6.33 Å². The van der Waals surface area contributed by atoms with Gasteiger partial charge in [0.05, 0.1) is 5.69 Å². The van der Waals surface area contributed by atoms with Crippen molar-refractivity contribution < 1.29 is 0 Å². The fourth-order valence-corrected chi connectivity index (χ4v) is 4.37. The van der Waals surface area contributed by atoms with Gasteiger partial charge in [0.15, 0.2) is 5.65 Å². The third-order valence-electron chi connectivity index (χ3n) is 5.72. The van der Waals surface area contributed by atoms with E-state index in [0.717, 1.165) is 24.4 Å². The van der Waals surface area contributed by atoms with Crippen LogP contribution in [0.3, 0.4) is 0 Å². The number of hydrogen-bond donors (Lipinski definition) is 0. The molecule has 0 radical (unpaired) electrons. The van der Waals surface area contributed by atoms with Crippen LogP contribution in [-0.2, 0) is 6.54 Å². The molecule has 0 amide bonds. The number of hydrogen-bond acceptors (Lipinski definition) is 5. The van der Waals surface area contributed by atoms with Crippen molar-refractivity contribution >= 4 is 11.3 Å². The summed E-state index contributed by atoms with van der Waals surface area (Å²) in [6, 6.07) is 9.10. The lowest BCUT2D eigenvalue weighted by atomic mass is 9.87. The minimum atomic E-state index is 0.279. The molecule has 1 fully saturated rings. The van der Waals surface area contributed by atoms with Gasteiger partial charge in [0.2, 0.25) is 0 Å². The van der Waals surface area contributed by atoms with E-state index < -0.39 is 0 Å². The van der Waals surface area contributed by atoms with Crippen LogP contribution in [0.1, 0.15) is 42.0 Å². The van der Waals surface area contributed by atoms with E-state index >= 15 is 0 Å². The van der Waals surface area contributed by atoms with Crippen LogP contribution >= 0.6 is 0 Å². The van der Waals surface area contributed by atoms with Crippen molar-refractivity contribution in [3.8, 4) is 0 Å². The molecule has 26 heavy (non-hydrogen) atoms. The number of rotatable bonds is 2. The van der Waals surface area contributed by atoms with Crippen LogP contribution in [0.4, 0.5) is 5.69 Å². The summed E-state index contributed by atoms with van der Waals surface area (Å²) in [6.45, 7) is 4.35. The van der Waals surface area contributed by atoms with Crippen LogP contribution in [0.15, 0.2) is 36.9 Å². The molecule has 0 aliphatic carbocycles. The van der Waals surface area contributed by atoms with E-state index in [0.29, 0.717) is 0 Å². The molecular formula is C20H24N6. The average molecular weight is 348 g/mol. The summed E-state index contributed by atoms with van der Waals surface area (Å²) >= 11 is 0. The summed E-state index contributed by atoms with van der Waals surface area (Å²) in [4.78, 5) is 9.62. The summed E-state index contributed by atoms with van der Waals surface area (Å²) in [7, 11) is 2.19. The standard InChI is InChI=1S/C20H24N6/c1-24-11-15-9-16(25-7-3-2-4-8-25)5-6-17(15)18(12-24)19-10-20-23-22-14-26(20)13-21-19/h5-6,9-10,13-14,18H,2-4,7-8,11-12H2,1H3. The summed E-state index contributed by atoms with van der Waals surface area (Å²) in [6.07, 6.45) is 7.49. The Labute approximate surface area is 153 Å². The van der Waals surface area contributed by atoms with Crippen molar-refractivity contribution in [1.82, 2.24) is 24.5 Å². The lowest BCUT2D eigenvalue weighted by molar-refractivity contribution is 0.293. The maximum atomic E-state index is 4.69. The van der Waals surface area contributed by atoms with Gasteiger partial charge in [0, 0.05) is 43.9 Å². The largest absolute Gasteiger partial charge is 0.372 e. The molecule has 6 heteroatoms. The molecule has 1 atom stereocenters. The lowest BCUT2D eigenvalue weighted by Gasteiger charge is -2.34. The van der Waals surface area contributed by atoms with Crippen LogP contribution in [0.25, 0.3) is 5.65 Å². The highest BCUT2D eigenvalue weighted by Crippen LogP contribution is 2.35. The number of nitrogens with zero attached hydrogens (tertiary/aromatic N) is 6. The van der Waals surface area contributed by atoms with Crippen LogP contribution in [0, 0.1) is 0 Å². The number of likely N-dealkylation sites (N-methyl/N-ethyl adjacent to an activating group) is 1. The van der Waals surface area contributed by atoms with Crippen LogP contribution in [0.5, 0.6) is 0 Å². The molecule has 2 aromatic heterocycles. The molecule has 0 saturated carbocycles. The molecular weight excluding hydrogens is 324 g/mol. The van der Waals surface area contributed by atoms with Crippen LogP contribution in [0.2, 0.25) is 0 Å². The number of fused-ring (bicyclic) bond motifs is 2. The smallest absolute Gasteiger partial charge is 0.163 e. The summed E-state index contributed by atoms with van der Waals surface area (Å²) in [5, 5.41) is 8.14. The molecule has 2 aliphatic heterocycles. The first-order valence-electron chi connectivity index (χ1n) is 9.49. The Hall–Kier alpha value is -2.47. The van der Waals surface area contributed by atoms with Gasteiger partial charge in [-0.15, -0.1) is 10.2 Å². The summed E-state index contributed by atoms with van der Waals surface area (Å²) in [5.41, 5.74) is 6.13. The van der Waals surface area contributed by atoms with E-state index in [1.807, 2.05) is 10.7 Å². The fourth-order valence-electron chi connectivity index (χ4n) is 4.37. The predicted octanol–water partition coefficient (Wildman–Crippen LogP) is 2.69. The van der Waals surface area contributed by atoms with Gasteiger partial charge in [0.1, 0.15) is 12.7 Å². The van der Waals surface area contributed by atoms with Crippen molar-refractivity contribution in [2.75, 3.05) is 31.6 Å². The molecule has 2 aliphatic rings. The van der Waals surface area contributed by atoms with E-state index in [4.69, 9.17) is 4.98 Å². The first-order chi connectivity index (χ1) is 12.8. The van der Waals surface area contributed by atoms with Crippen molar-refractivity contribution in [1.29, 1.82) is 0 Å². The van der Waals surface area contributed by atoms with Crippen LogP contribution < -0.4 is 4.90 Å². The Kier molecular flexibility index (Phi) is 3.85. The molecule has 5 rings (SSSR count). The first kappa shape index (κ1) is 15.8. The van der Waals surface area contributed by atoms with Gasteiger partial charge in [-0.1, -0.05) is 6.07 Å². The van der Waals surface area contributed by atoms with Gasteiger partial charge in [-0.05, 0) is 49.6 Å².